The minimum atomic E-state index is -0.964. The molecular weight excluding hydrogens is 236 g/mol. The predicted molar refractivity (Wildman–Crippen MR) is 65.5 cm³/mol. The molecule has 1 saturated heterocycles. The number of ketones is 1. The number of likely N-dealkylation sites (tertiary alicyclic amines) is 1. The average Bonchev–Trinajstić information content (AvgIpc) is 2.80. The smallest absolute Gasteiger partial charge is 0.176 e. The van der Waals surface area contributed by atoms with Gasteiger partial charge in [-0.2, -0.15) is 0 Å². The molecule has 1 unspecified atom stereocenters. The molecule has 1 fully saturated rings. The van der Waals surface area contributed by atoms with Crippen molar-refractivity contribution < 1.29 is 13.6 Å². The van der Waals surface area contributed by atoms with Gasteiger partial charge in [0.25, 0.3) is 0 Å². The van der Waals surface area contributed by atoms with Crippen LogP contribution in [0.2, 0.25) is 0 Å². The maximum absolute atomic E-state index is 13.0. The number of nitrogens with zero attached hydrogens (tertiary/aromatic N) is 1. The van der Waals surface area contributed by atoms with E-state index in [0.717, 1.165) is 38.1 Å². The van der Waals surface area contributed by atoms with Gasteiger partial charge in [-0.05, 0) is 37.1 Å². The van der Waals surface area contributed by atoms with Gasteiger partial charge in [0.1, 0.15) is 0 Å². The zero-order chi connectivity index (χ0) is 13.1. The van der Waals surface area contributed by atoms with Crippen LogP contribution in [0.15, 0.2) is 18.2 Å². The highest BCUT2D eigenvalue weighted by Crippen LogP contribution is 2.19. The summed E-state index contributed by atoms with van der Waals surface area (Å²) in [6.07, 6.45) is 2.23. The zero-order valence-corrected chi connectivity index (χ0v) is 10.5. The number of Topliss-reactive ketones (excluding diaryl/α,β-unsaturated/α-hetero) is 1. The first kappa shape index (κ1) is 13.1. The minimum Gasteiger partial charge on any atom is -0.296 e. The van der Waals surface area contributed by atoms with Gasteiger partial charge in [0.05, 0.1) is 6.54 Å². The van der Waals surface area contributed by atoms with Crippen molar-refractivity contribution in [1.82, 2.24) is 4.90 Å². The Bertz CT molecular complexity index is 447. The summed E-state index contributed by atoms with van der Waals surface area (Å²) in [5.41, 5.74) is 0.244. The van der Waals surface area contributed by atoms with Crippen LogP contribution in [0.25, 0.3) is 0 Å². The van der Waals surface area contributed by atoms with Gasteiger partial charge in [-0.25, -0.2) is 8.78 Å². The quantitative estimate of drug-likeness (QED) is 0.769. The summed E-state index contributed by atoms with van der Waals surface area (Å²) < 4.78 is 25.8. The Morgan fingerprint density at radius 3 is 2.78 bits per heavy atom. The van der Waals surface area contributed by atoms with Crippen LogP contribution in [-0.2, 0) is 0 Å². The standard InChI is InChI=1S/C14H17F2NO/c1-2-10-5-6-17(8-10)9-14(18)11-3-4-12(15)13(16)7-11/h3-4,7,10H,2,5-6,8-9H2,1H3. The summed E-state index contributed by atoms with van der Waals surface area (Å²) in [5, 5.41) is 0. The molecule has 0 bridgehead atoms. The summed E-state index contributed by atoms with van der Waals surface area (Å²) >= 11 is 0. The van der Waals surface area contributed by atoms with E-state index < -0.39 is 11.6 Å². The van der Waals surface area contributed by atoms with Crippen LogP contribution in [0.5, 0.6) is 0 Å². The number of hydrogen-bond donors (Lipinski definition) is 0. The van der Waals surface area contributed by atoms with Gasteiger partial charge in [-0.3, -0.25) is 9.69 Å². The molecule has 1 atom stereocenters. The van der Waals surface area contributed by atoms with E-state index in [1.807, 2.05) is 0 Å². The van der Waals surface area contributed by atoms with Crippen LogP contribution >= 0.6 is 0 Å². The summed E-state index contributed by atoms with van der Waals surface area (Å²) in [6, 6.07) is 3.32. The third kappa shape index (κ3) is 2.93. The van der Waals surface area contributed by atoms with Gasteiger partial charge in [0.15, 0.2) is 17.4 Å². The Kier molecular flexibility index (Phi) is 4.07. The molecule has 2 nitrogen and oxygen atoms in total. The lowest BCUT2D eigenvalue weighted by atomic mass is 10.1. The number of hydrogen-bond acceptors (Lipinski definition) is 2. The number of carbonyl (C=O) groups excluding carboxylic acids is 1. The van der Waals surface area contributed by atoms with Crippen LogP contribution < -0.4 is 0 Å². The molecule has 0 aliphatic carbocycles. The van der Waals surface area contributed by atoms with Crippen molar-refractivity contribution in [3.63, 3.8) is 0 Å². The van der Waals surface area contributed by atoms with Crippen molar-refractivity contribution in [3.8, 4) is 0 Å². The number of benzene rings is 1. The summed E-state index contributed by atoms with van der Waals surface area (Å²) in [7, 11) is 0. The highest BCUT2D eigenvalue weighted by atomic mass is 19.2. The second kappa shape index (κ2) is 5.57. The second-order valence-corrected chi connectivity index (χ2v) is 4.85. The number of rotatable bonds is 4. The fraction of sp³-hybridized carbons (Fsp3) is 0.500. The van der Waals surface area contributed by atoms with E-state index in [2.05, 4.69) is 11.8 Å². The molecule has 0 aromatic heterocycles. The Morgan fingerprint density at radius 2 is 2.17 bits per heavy atom. The molecule has 0 spiro atoms. The lowest BCUT2D eigenvalue weighted by Crippen LogP contribution is -2.27. The molecule has 98 valence electrons. The van der Waals surface area contributed by atoms with Gasteiger partial charge in [0, 0.05) is 12.1 Å². The summed E-state index contributed by atoms with van der Waals surface area (Å²) in [4.78, 5) is 14.0. The number of carbonyl (C=O) groups is 1. The molecular formula is C14H17F2NO. The summed E-state index contributed by atoms with van der Waals surface area (Å²) in [6.45, 7) is 4.27. The van der Waals surface area contributed by atoms with E-state index >= 15 is 0 Å². The molecule has 0 radical (unpaired) electrons. The third-order valence-electron chi connectivity index (χ3n) is 3.56. The monoisotopic (exact) mass is 253 g/mol. The van der Waals surface area contributed by atoms with Crippen LogP contribution in [0.1, 0.15) is 30.1 Å². The van der Waals surface area contributed by atoms with Gasteiger partial charge < -0.3 is 0 Å². The molecule has 0 N–H and O–H groups in total. The molecule has 1 aliphatic rings. The van der Waals surface area contributed by atoms with E-state index in [9.17, 15) is 13.6 Å². The van der Waals surface area contributed by atoms with Gasteiger partial charge in [-0.1, -0.05) is 13.3 Å². The Labute approximate surface area is 106 Å². The Balaban J connectivity index is 1.97. The maximum Gasteiger partial charge on any atom is 0.176 e. The molecule has 18 heavy (non-hydrogen) atoms. The Morgan fingerprint density at radius 1 is 1.39 bits per heavy atom. The largest absolute Gasteiger partial charge is 0.296 e. The van der Waals surface area contributed by atoms with Crippen molar-refractivity contribution in [1.29, 1.82) is 0 Å². The van der Waals surface area contributed by atoms with Crippen molar-refractivity contribution in [2.75, 3.05) is 19.6 Å². The van der Waals surface area contributed by atoms with Crippen molar-refractivity contribution in [3.05, 3.63) is 35.4 Å². The van der Waals surface area contributed by atoms with Crippen molar-refractivity contribution in [2.45, 2.75) is 19.8 Å². The SMILES string of the molecule is CCC1CCN(CC(=O)c2ccc(F)c(F)c2)C1. The summed E-state index contributed by atoms with van der Waals surface area (Å²) in [5.74, 6) is -1.37. The van der Waals surface area contributed by atoms with Crippen LogP contribution in [0, 0.1) is 17.6 Å². The van der Waals surface area contributed by atoms with Crippen LogP contribution in [0.4, 0.5) is 8.78 Å². The van der Waals surface area contributed by atoms with E-state index in [1.54, 1.807) is 0 Å². The average molecular weight is 253 g/mol. The highest BCUT2D eigenvalue weighted by molar-refractivity contribution is 5.97. The molecule has 0 saturated carbocycles. The number of halogens is 2. The molecule has 0 amide bonds. The normalized spacial score (nSPS) is 20.3. The zero-order valence-electron chi connectivity index (χ0n) is 10.5. The van der Waals surface area contributed by atoms with Crippen LogP contribution in [-0.4, -0.2) is 30.3 Å². The highest BCUT2D eigenvalue weighted by Gasteiger charge is 2.23. The first-order valence-corrected chi connectivity index (χ1v) is 6.30. The molecule has 1 aromatic carbocycles. The van der Waals surface area contributed by atoms with Gasteiger partial charge in [0.2, 0.25) is 0 Å². The molecule has 1 aromatic rings. The van der Waals surface area contributed by atoms with Crippen molar-refractivity contribution in [2.24, 2.45) is 5.92 Å². The molecule has 4 heteroatoms. The van der Waals surface area contributed by atoms with E-state index in [4.69, 9.17) is 0 Å². The van der Waals surface area contributed by atoms with Gasteiger partial charge >= 0.3 is 0 Å². The van der Waals surface area contributed by atoms with E-state index in [1.165, 1.54) is 6.07 Å². The fourth-order valence-corrected chi connectivity index (χ4v) is 2.35. The Hall–Kier alpha value is -1.29. The van der Waals surface area contributed by atoms with E-state index in [0.29, 0.717) is 12.5 Å². The lowest BCUT2D eigenvalue weighted by molar-refractivity contribution is 0.0942. The first-order valence-electron chi connectivity index (χ1n) is 6.30. The molecule has 2 rings (SSSR count). The van der Waals surface area contributed by atoms with Crippen LogP contribution in [0.3, 0.4) is 0 Å². The predicted octanol–water partition coefficient (Wildman–Crippen LogP) is 2.88. The molecule has 1 aliphatic heterocycles. The minimum absolute atomic E-state index is 0.148. The molecule has 1 heterocycles. The lowest BCUT2D eigenvalue weighted by Gasteiger charge is -2.14. The first-order chi connectivity index (χ1) is 8.60. The second-order valence-electron chi connectivity index (χ2n) is 4.85. The maximum atomic E-state index is 13.0. The van der Waals surface area contributed by atoms with E-state index in [-0.39, 0.29) is 11.3 Å². The third-order valence-corrected chi connectivity index (χ3v) is 3.56. The van der Waals surface area contributed by atoms with Crippen molar-refractivity contribution >= 4 is 5.78 Å². The fourth-order valence-electron chi connectivity index (χ4n) is 2.35. The topological polar surface area (TPSA) is 20.3 Å². The van der Waals surface area contributed by atoms with Gasteiger partial charge in [-0.15, -0.1) is 0 Å².